The Morgan fingerprint density at radius 3 is 2.29 bits per heavy atom. The van der Waals surface area contributed by atoms with Crippen LogP contribution in [0.25, 0.3) is 0 Å². The predicted octanol–water partition coefficient (Wildman–Crippen LogP) is 2.64. The fraction of sp³-hybridized carbons (Fsp3) is 0.200. The highest BCUT2D eigenvalue weighted by Crippen LogP contribution is 2.22. The van der Waals surface area contributed by atoms with Gasteiger partial charge in [-0.1, -0.05) is 30.3 Å². The van der Waals surface area contributed by atoms with Crippen LogP contribution in [0.15, 0.2) is 53.1 Å². The van der Waals surface area contributed by atoms with Crippen molar-refractivity contribution in [3.05, 3.63) is 58.7 Å². The monoisotopic (exact) mass is 226 g/mol. The molecule has 0 saturated carbocycles. The van der Waals surface area contributed by atoms with Crippen LogP contribution in [0, 0.1) is 0 Å². The Bertz CT molecular complexity index is 533. The largest absolute Gasteiger partial charge is 0.290 e. The van der Waals surface area contributed by atoms with Crippen molar-refractivity contribution in [3.8, 4) is 0 Å². The fourth-order valence-corrected chi connectivity index (χ4v) is 1.94. The first kappa shape index (κ1) is 11.5. The van der Waals surface area contributed by atoms with Gasteiger partial charge in [-0.15, -0.1) is 0 Å². The van der Waals surface area contributed by atoms with E-state index in [-0.39, 0.29) is 11.6 Å². The molecule has 1 aromatic carbocycles. The van der Waals surface area contributed by atoms with E-state index in [0.29, 0.717) is 23.1 Å². The number of hydrogen-bond donors (Lipinski definition) is 0. The van der Waals surface area contributed by atoms with E-state index in [1.165, 1.54) is 6.08 Å². The number of carbonyl (C=O) groups excluding carboxylic acids is 2. The van der Waals surface area contributed by atoms with Gasteiger partial charge < -0.3 is 0 Å². The SMILES string of the molecule is CC1=CC(=O)C(C)=C(Cc2ccccc2)C1=O. The lowest BCUT2D eigenvalue weighted by atomic mass is 9.87. The molecule has 2 rings (SSSR count). The lowest BCUT2D eigenvalue weighted by Gasteiger charge is -2.14. The molecule has 0 amide bonds. The molecule has 1 aliphatic rings. The zero-order valence-electron chi connectivity index (χ0n) is 9.99. The fourth-order valence-electron chi connectivity index (χ4n) is 1.94. The minimum Gasteiger partial charge on any atom is -0.290 e. The van der Waals surface area contributed by atoms with Crippen molar-refractivity contribution in [2.45, 2.75) is 20.3 Å². The minimum absolute atomic E-state index is 0.00838. The summed E-state index contributed by atoms with van der Waals surface area (Å²) in [5.41, 5.74) is 2.79. The number of benzene rings is 1. The van der Waals surface area contributed by atoms with Gasteiger partial charge in [0.25, 0.3) is 0 Å². The molecular weight excluding hydrogens is 212 g/mol. The van der Waals surface area contributed by atoms with Crippen molar-refractivity contribution in [2.24, 2.45) is 0 Å². The van der Waals surface area contributed by atoms with Crippen LogP contribution in [0.2, 0.25) is 0 Å². The van der Waals surface area contributed by atoms with Gasteiger partial charge in [-0.3, -0.25) is 9.59 Å². The second kappa shape index (κ2) is 4.50. The van der Waals surface area contributed by atoms with E-state index in [0.717, 1.165) is 5.56 Å². The third-order valence-corrected chi connectivity index (χ3v) is 3.03. The molecule has 0 radical (unpaired) electrons. The summed E-state index contributed by atoms with van der Waals surface area (Å²) < 4.78 is 0. The van der Waals surface area contributed by atoms with Gasteiger partial charge in [0, 0.05) is 23.1 Å². The summed E-state index contributed by atoms with van der Waals surface area (Å²) in [5, 5.41) is 0. The molecule has 1 aromatic rings. The molecule has 0 fully saturated rings. The maximum absolute atomic E-state index is 12.0. The van der Waals surface area contributed by atoms with Crippen molar-refractivity contribution < 1.29 is 9.59 Å². The number of rotatable bonds is 2. The topological polar surface area (TPSA) is 34.1 Å². The van der Waals surface area contributed by atoms with Gasteiger partial charge in [0.15, 0.2) is 11.6 Å². The highest BCUT2D eigenvalue weighted by atomic mass is 16.1. The van der Waals surface area contributed by atoms with E-state index in [9.17, 15) is 9.59 Å². The summed E-state index contributed by atoms with van der Waals surface area (Å²) in [6, 6.07) is 9.73. The first-order chi connectivity index (χ1) is 8.09. The number of ketones is 2. The number of Topliss-reactive ketones (excluding diaryl/α,β-unsaturated/α-hetero) is 1. The smallest absolute Gasteiger partial charge is 0.185 e. The van der Waals surface area contributed by atoms with E-state index in [2.05, 4.69) is 0 Å². The Balaban J connectivity index is 2.35. The van der Waals surface area contributed by atoms with Gasteiger partial charge in [0.1, 0.15) is 0 Å². The van der Waals surface area contributed by atoms with Crippen LogP contribution in [0.1, 0.15) is 19.4 Å². The van der Waals surface area contributed by atoms with Gasteiger partial charge in [0.2, 0.25) is 0 Å². The van der Waals surface area contributed by atoms with Crippen LogP contribution in [-0.4, -0.2) is 11.6 Å². The van der Waals surface area contributed by atoms with E-state index in [1.54, 1.807) is 13.8 Å². The first-order valence-electron chi connectivity index (χ1n) is 5.60. The molecule has 0 bridgehead atoms. The first-order valence-corrected chi connectivity index (χ1v) is 5.60. The molecule has 0 N–H and O–H groups in total. The molecule has 2 heteroatoms. The predicted molar refractivity (Wildman–Crippen MR) is 66.6 cm³/mol. The number of hydrogen-bond acceptors (Lipinski definition) is 2. The summed E-state index contributed by atoms with van der Waals surface area (Å²) >= 11 is 0. The Morgan fingerprint density at radius 2 is 1.65 bits per heavy atom. The Kier molecular flexibility index (Phi) is 3.05. The van der Waals surface area contributed by atoms with E-state index in [1.807, 2.05) is 30.3 Å². The van der Waals surface area contributed by atoms with Gasteiger partial charge in [-0.2, -0.15) is 0 Å². The average Bonchev–Trinajstić information content (AvgIpc) is 2.33. The van der Waals surface area contributed by atoms with Crippen molar-refractivity contribution in [3.63, 3.8) is 0 Å². The zero-order chi connectivity index (χ0) is 12.4. The quantitative estimate of drug-likeness (QED) is 0.726. The molecule has 2 nitrogen and oxygen atoms in total. The lowest BCUT2D eigenvalue weighted by molar-refractivity contribution is -0.115. The highest BCUT2D eigenvalue weighted by Gasteiger charge is 2.23. The van der Waals surface area contributed by atoms with Crippen LogP contribution < -0.4 is 0 Å². The summed E-state index contributed by atoms with van der Waals surface area (Å²) in [6.45, 7) is 3.42. The molecule has 1 aliphatic carbocycles. The van der Waals surface area contributed by atoms with Gasteiger partial charge in [-0.25, -0.2) is 0 Å². The van der Waals surface area contributed by atoms with Crippen molar-refractivity contribution in [1.82, 2.24) is 0 Å². The van der Waals surface area contributed by atoms with E-state index in [4.69, 9.17) is 0 Å². The van der Waals surface area contributed by atoms with Gasteiger partial charge in [0.05, 0.1) is 0 Å². The van der Waals surface area contributed by atoms with Crippen molar-refractivity contribution in [1.29, 1.82) is 0 Å². The molecule has 0 saturated heterocycles. The number of carbonyl (C=O) groups is 2. The summed E-state index contributed by atoms with van der Waals surface area (Å²) in [4.78, 5) is 23.7. The summed E-state index contributed by atoms with van der Waals surface area (Å²) in [6.07, 6.45) is 1.95. The minimum atomic E-state index is -0.0481. The Hall–Kier alpha value is -1.96. The normalized spacial score (nSPS) is 16.2. The molecule has 0 spiro atoms. The summed E-state index contributed by atoms with van der Waals surface area (Å²) in [7, 11) is 0. The molecule has 0 aliphatic heterocycles. The highest BCUT2D eigenvalue weighted by molar-refractivity contribution is 6.22. The third kappa shape index (κ3) is 2.26. The molecule has 0 heterocycles. The Labute approximate surface area is 101 Å². The third-order valence-electron chi connectivity index (χ3n) is 3.03. The van der Waals surface area contributed by atoms with Crippen LogP contribution in [0.3, 0.4) is 0 Å². The lowest BCUT2D eigenvalue weighted by Crippen LogP contribution is -2.18. The molecule has 17 heavy (non-hydrogen) atoms. The van der Waals surface area contributed by atoms with Crippen molar-refractivity contribution in [2.75, 3.05) is 0 Å². The average molecular weight is 226 g/mol. The van der Waals surface area contributed by atoms with Crippen LogP contribution in [0.4, 0.5) is 0 Å². The second-order valence-electron chi connectivity index (χ2n) is 4.29. The number of allylic oxidation sites excluding steroid dienone is 4. The van der Waals surface area contributed by atoms with E-state index >= 15 is 0 Å². The maximum Gasteiger partial charge on any atom is 0.185 e. The standard InChI is InChI=1S/C15H14O2/c1-10-8-14(16)11(2)13(15(10)17)9-12-6-4-3-5-7-12/h3-8H,9H2,1-2H3. The van der Waals surface area contributed by atoms with E-state index < -0.39 is 0 Å². The maximum atomic E-state index is 12.0. The van der Waals surface area contributed by atoms with Crippen molar-refractivity contribution >= 4 is 11.6 Å². The van der Waals surface area contributed by atoms with Crippen LogP contribution in [0.5, 0.6) is 0 Å². The molecular formula is C15H14O2. The molecule has 86 valence electrons. The van der Waals surface area contributed by atoms with Crippen LogP contribution >= 0.6 is 0 Å². The second-order valence-corrected chi connectivity index (χ2v) is 4.29. The van der Waals surface area contributed by atoms with Gasteiger partial charge >= 0.3 is 0 Å². The van der Waals surface area contributed by atoms with Crippen LogP contribution in [-0.2, 0) is 16.0 Å². The summed E-state index contributed by atoms with van der Waals surface area (Å²) in [5.74, 6) is -0.0565. The molecule has 0 atom stereocenters. The molecule has 0 unspecified atom stereocenters. The van der Waals surface area contributed by atoms with Gasteiger partial charge in [-0.05, 0) is 25.5 Å². The zero-order valence-corrected chi connectivity index (χ0v) is 9.99. The Morgan fingerprint density at radius 1 is 1.00 bits per heavy atom. The molecule has 0 aromatic heterocycles.